The highest BCUT2D eigenvalue weighted by Gasteiger charge is 2.33. The second-order valence-corrected chi connectivity index (χ2v) is 7.89. The van der Waals surface area contributed by atoms with Crippen LogP contribution in [0.15, 0.2) is 27.1 Å². The Bertz CT molecular complexity index is 464. The van der Waals surface area contributed by atoms with Crippen molar-refractivity contribution in [1.29, 1.82) is 0 Å². The largest absolute Gasteiger partial charge is 0.329 e. The van der Waals surface area contributed by atoms with Crippen molar-refractivity contribution in [2.45, 2.75) is 39.3 Å². The van der Waals surface area contributed by atoms with Gasteiger partial charge in [-0.25, -0.2) is 0 Å². The Kier molecular flexibility index (Phi) is 5.69. The van der Waals surface area contributed by atoms with Crippen molar-refractivity contribution in [2.75, 3.05) is 13.1 Å². The molecule has 2 rings (SSSR count). The second kappa shape index (κ2) is 6.91. The van der Waals surface area contributed by atoms with Gasteiger partial charge in [-0.05, 0) is 74.7 Å². The first-order valence-electron chi connectivity index (χ1n) is 7.34. The molecule has 2 nitrogen and oxygen atoms in total. The molecule has 1 aliphatic heterocycles. The van der Waals surface area contributed by atoms with E-state index in [-0.39, 0.29) is 0 Å². The number of rotatable bonds is 3. The highest BCUT2D eigenvalue weighted by atomic mass is 79.9. The third-order valence-electron chi connectivity index (χ3n) is 4.60. The van der Waals surface area contributed by atoms with Crippen LogP contribution in [0.2, 0.25) is 0 Å². The SMILES string of the molecule is CC1CC(C)C(C)N(C(CN)c2ccc(Br)c(Br)c2)C1. The van der Waals surface area contributed by atoms with Crippen molar-refractivity contribution in [3.8, 4) is 0 Å². The van der Waals surface area contributed by atoms with Crippen LogP contribution in [-0.4, -0.2) is 24.0 Å². The van der Waals surface area contributed by atoms with Crippen LogP contribution in [0.3, 0.4) is 0 Å². The summed E-state index contributed by atoms with van der Waals surface area (Å²) in [6.07, 6.45) is 1.32. The van der Waals surface area contributed by atoms with Gasteiger partial charge in [0.15, 0.2) is 0 Å². The molecule has 1 aromatic carbocycles. The zero-order chi connectivity index (χ0) is 14.9. The van der Waals surface area contributed by atoms with Crippen LogP contribution in [0, 0.1) is 11.8 Å². The highest BCUT2D eigenvalue weighted by Crippen LogP contribution is 2.35. The van der Waals surface area contributed by atoms with Crippen molar-refractivity contribution >= 4 is 31.9 Å². The summed E-state index contributed by atoms with van der Waals surface area (Å²) in [7, 11) is 0. The average molecular weight is 404 g/mol. The molecule has 1 aromatic rings. The number of likely N-dealkylation sites (tertiary alicyclic amines) is 1. The first kappa shape index (κ1) is 16.5. The summed E-state index contributed by atoms with van der Waals surface area (Å²) < 4.78 is 2.18. The number of benzene rings is 1. The Morgan fingerprint density at radius 2 is 1.95 bits per heavy atom. The number of nitrogens with zero attached hydrogens (tertiary/aromatic N) is 1. The van der Waals surface area contributed by atoms with Gasteiger partial charge in [0.05, 0.1) is 0 Å². The third kappa shape index (κ3) is 3.46. The van der Waals surface area contributed by atoms with E-state index in [0.717, 1.165) is 27.3 Å². The lowest BCUT2D eigenvalue weighted by Gasteiger charge is -2.45. The van der Waals surface area contributed by atoms with E-state index in [1.807, 2.05) is 0 Å². The molecular formula is C16H24Br2N2. The maximum Gasteiger partial charge on any atom is 0.0473 e. The minimum Gasteiger partial charge on any atom is -0.329 e. The monoisotopic (exact) mass is 402 g/mol. The molecule has 4 heteroatoms. The van der Waals surface area contributed by atoms with Crippen molar-refractivity contribution in [2.24, 2.45) is 17.6 Å². The first-order valence-corrected chi connectivity index (χ1v) is 8.93. The number of nitrogens with two attached hydrogens (primary N) is 1. The lowest BCUT2D eigenvalue weighted by atomic mass is 9.84. The Morgan fingerprint density at radius 3 is 2.55 bits per heavy atom. The van der Waals surface area contributed by atoms with Gasteiger partial charge in [-0.2, -0.15) is 0 Å². The minimum absolute atomic E-state index is 0.305. The summed E-state index contributed by atoms with van der Waals surface area (Å²) in [5, 5.41) is 0. The van der Waals surface area contributed by atoms with Crippen LogP contribution < -0.4 is 5.73 Å². The van der Waals surface area contributed by atoms with Crippen LogP contribution in [0.1, 0.15) is 38.8 Å². The average Bonchev–Trinajstić information content (AvgIpc) is 2.40. The number of piperidine rings is 1. The topological polar surface area (TPSA) is 29.3 Å². The quantitative estimate of drug-likeness (QED) is 0.800. The molecule has 20 heavy (non-hydrogen) atoms. The fraction of sp³-hybridized carbons (Fsp3) is 0.625. The standard InChI is InChI=1S/C16H24Br2N2/c1-10-6-11(2)12(3)20(9-10)16(8-19)13-4-5-14(17)15(18)7-13/h4-5,7,10-12,16H,6,8-9,19H2,1-3H3. The van der Waals surface area contributed by atoms with Gasteiger partial charge in [-0.1, -0.05) is 19.9 Å². The summed E-state index contributed by atoms with van der Waals surface area (Å²) in [6, 6.07) is 7.37. The van der Waals surface area contributed by atoms with Crippen LogP contribution in [0.5, 0.6) is 0 Å². The molecule has 4 unspecified atom stereocenters. The van der Waals surface area contributed by atoms with E-state index in [4.69, 9.17) is 5.73 Å². The van der Waals surface area contributed by atoms with Crippen LogP contribution in [-0.2, 0) is 0 Å². The Balaban J connectivity index is 2.28. The Labute approximate surface area is 139 Å². The third-order valence-corrected chi connectivity index (χ3v) is 6.47. The van der Waals surface area contributed by atoms with Crippen molar-refractivity contribution in [3.05, 3.63) is 32.7 Å². The molecule has 0 amide bonds. The molecule has 0 bridgehead atoms. The summed E-state index contributed by atoms with van der Waals surface area (Å²) in [5.41, 5.74) is 7.41. The van der Waals surface area contributed by atoms with Gasteiger partial charge in [-0.15, -0.1) is 0 Å². The van der Waals surface area contributed by atoms with Crippen molar-refractivity contribution in [3.63, 3.8) is 0 Å². The zero-order valence-corrected chi connectivity index (χ0v) is 15.6. The molecule has 1 saturated heterocycles. The van der Waals surface area contributed by atoms with Crippen LogP contribution in [0.25, 0.3) is 0 Å². The van der Waals surface area contributed by atoms with Gasteiger partial charge in [0, 0.05) is 34.1 Å². The lowest BCUT2D eigenvalue weighted by molar-refractivity contribution is 0.0424. The fourth-order valence-corrected chi connectivity index (χ4v) is 4.00. The van der Waals surface area contributed by atoms with E-state index in [9.17, 15) is 0 Å². The smallest absolute Gasteiger partial charge is 0.0473 e. The van der Waals surface area contributed by atoms with Gasteiger partial charge in [0.1, 0.15) is 0 Å². The molecule has 1 aliphatic rings. The van der Waals surface area contributed by atoms with Gasteiger partial charge in [0.2, 0.25) is 0 Å². The fourth-order valence-electron chi connectivity index (χ4n) is 3.35. The van der Waals surface area contributed by atoms with Crippen LogP contribution >= 0.6 is 31.9 Å². The molecule has 1 heterocycles. The van der Waals surface area contributed by atoms with Gasteiger partial charge >= 0.3 is 0 Å². The van der Waals surface area contributed by atoms with Crippen molar-refractivity contribution in [1.82, 2.24) is 4.90 Å². The molecule has 0 saturated carbocycles. The van der Waals surface area contributed by atoms with Gasteiger partial charge < -0.3 is 5.73 Å². The zero-order valence-electron chi connectivity index (χ0n) is 12.4. The summed E-state index contributed by atoms with van der Waals surface area (Å²) in [5.74, 6) is 1.47. The van der Waals surface area contributed by atoms with E-state index in [1.54, 1.807) is 0 Å². The molecule has 4 atom stereocenters. The first-order chi connectivity index (χ1) is 9.43. The second-order valence-electron chi connectivity index (χ2n) is 6.18. The molecule has 1 fully saturated rings. The number of hydrogen-bond acceptors (Lipinski definition) is 2. The van der Waals surface area contributed by atoms with Crippen LogP contribution in [0.4, 0.5) is 0 Å². The van der Waals surface area contributed by atoms with Gasteiger partial charge in [-0.3, -0.25) is 4.90 Å². The molecular weight excluding hydrogens is 380 g/mol. The number of hydrogen-bond donors (Lipinski definition) is 1. The lowest BCUT2D eigenvalue weighted by Crippen LogP contribution is -2.49. The van der Waals surface area contributed by atoms with E-state index in [2.05, 4.69) is 75.7 Å². The molecule has 0 aliphatic carbocycles. The molecule has 0 radical (unpaired) electrons. The van der Waals surface area contributed by atoms with Crippen molar-refractivity contribution < 1.29 is 0 Å². The number of halogens is 2. The Hall–Kier alpha value is 0.1000. The predicted octanol–water partition coefficient (Wildman–Crippen LogP) is 4.58. The van der Waals surface area contributed by atoms with E-state index >= 15 is 0 Å². The summed E-state index contributed by atoms with van der Waals surface area (Å²) >= 11 is 7.14. The summed E-state index contributed by atoms with van der Waals surface area (Å²) in [6.45, 7) is 8.85. The molecule has 0 spiro atoms. The Morgan fingerprint density at radius 1 is 1.25 bits per heavy atom. The molecule has 2 N–H and O–H groups in total. The maximum atomic E-state index is 6.11. The normalized spacial score (nSPS) is 29.4. The highest BCUT2D eigenvalue weighted by molar-refractivity contribution is 9.13. The maximum absolute atomic E-state index is 6.11. The molecule has 112 valence electrons. The summed E-state index contributed by atoms with van der Waals surface area (Å²) in [4.78, 5) is 2.59. The van der Waals surface area contributed by atoms with E-state index < -0.39 is 0 Å². The van der Waals surface area contributed by atoms with E-state index in [0.29, 0.717) is 18.6 Å². The molecule has 0 aromatic heterocycles. The van der Waals surface area contributed by atoms with E-state index in [1.165, 1.54) is 12.0 Å². The minimum atomic E-state index is 0.305. The predicted molar refractivity (Wildman–Crippen MR) is 92.8 cm³/mol. The van der Waals surface area contributed by atoms with Gasteiger partial charge in [0.25, 0.3) is 0 Å².